The normalized spacial score (nSPS) is 13.3. The number of hydrogen-bond acceptors (Lipinski definition) is 4. The van der Waals surface area contributed by atoms with Crippen molar-refractivity contribution >= 4 is 10.0 Å². The lowest BCUT2D eigenvalue weighted by Crippen LogP contribution is -2.24. The number of benzene rings is 1. The van der Waals surface area contributed by atoms with Gasteiger partial charge in [-0.05, 0) is 37.7 Å². The monoisotopic (exact) mass is 308 g/mol. The van der Waals surface area contributed by atoms with Gasteiger partial charge in [-0.3, -0.25) is 4.68 Å². The lowest BCUT2D eigenvalue weighted by molar-refractivity contribution is 0.577. The predicted octanol–water partition coefficient (Wildman–Crippen LogP) is 1.18. The molecule has 0 radical (unpaired) electrons. The highest BCUT2D eigenvalue weighted by Crippen LogP contribution is 2.16. The van der Waals surface area contributed by atoms with E-state index in [1.54, 1.807) is 36.1 Å². The summed E-state index contributed by atoms with van der Waals surface area (Å²) in [7, 11) is 0.127. The van der Waals surface area contributed by atoms with Gasteiger partial charge in [0.05, 0.1) is 17.1 Å². The zero-order valence-electron chi connectivity index (χ0n) is 12.4. The van der Waals surface area contributed by atoms with Crippen molar-refractivity contribution in [2.45, 2.75) is 24.4 Å². The first-order valence-electron chi connectivity index (χ1n) is 6.68. The van der Waals surface area contributed by atoms with Crippen molar-refractivity contribution in [2.24, 2.45) is 7.05 Å². The topological polar surface area (TPSA) is 76.0 Å². The molecule has 2 aromatic rings. The van der Waals surface area contributed by atoms with Crippen molar-refractivity contribution in [3.8, 4) is 0 Å². The summed E-state index contributed by atoms with van der Waals surface area (Å²) in [5.74, 6) is 0. The summed E-state index contributed by atoms with van der Waals surface area (Å²) in [6, 6.07) is 8.84. The van der Waals surface area contributed by atoms with E-state index in [2.05, 4.69) is 15.1 Å². The molecule has 0 aliphatic heterocycles. The first kappa shape index (κ1) is 15.7. The maximum absolute atomic E-state index is 12.2. The summed E-state index contributed by atoms with van der Waals surface area (Å²) in [6.45, 7) is 2.23. The van der Waals surface area contributed by atoms with Crippen LogP contribution in [-0.4, -0.2) is 25.2 Å². The molecule has 1 atom stereocenters. The van der Waals surface area contributed by atoms with Gasteiger partial charge in [0.1, 0.15) is 0 Å². The number of nitrogens with zero attached hydrogens (tertiary/aromatic N) is 2. The van der Waals surface area contributed by atoms with Crippen LogP contribution in [-0.2, 0) is 23.6 Å². The Labute approximate surface area is 125 Å². The van der Waals surface area contributed by atoms with E-state index in [4.69, 9.17) is 0 Å². The fraction of sp³-hybridized carbons (Fsp3) is 0.357. The minimum absolute atomic E-state index is 0.184. The second-order valence-electron chi connectivity index (χ2n) is 4.85. The Morgan fingerprint density at radius 3 is 2.43 bits per heavy atom. The van der Waals surface area contributed by atoms with E-state index >= 15 is 0 Å². The molecule has 1 heterocycles. The molecule has 2 rings (SSSR count). The van der Waals surface area contributed by atoms with Crippen LogP contribution in [0.3, 0.4) is 0 Å². The van der Waals surface area contributed by atoms with Crippen LogP contribution in [0.5, 0.6) is 0 Å². The highest BCUT2D eigenvalue weighted by atomic mass is 32.2. The predicted molar refractivity (Wildman–Crippen MR) is 81.2 cm³/mol. The summed E-state index contributed by atoms with van der Waals surface area (Å²) >= 11 is 0. The lowest BCUT2D eigenvalue weighted by atomic mass is 10.1. The molecule has 0 amide bonds. The molecule has 0 aliphatic rings. The van der Waals surface area contributed by atoms with Crippen molar-refractivity contribution in [3.05, 3.63) is 47.8 Å². The summed E-state index contributed by atoms with van der Waals surface area (Å²) < 4.78 is 28.7. The van der Waals surface area contributed by atoms with E-state index in [0.717, 1.165) is 11.3 Å². The molecule has 0 aliphatic carbocycles. The maximum Gasteiger partial charge on any atom is 0.240 e. The summed E-state index contributed by atoms with van der Waals surface area (Å²) in [5.41, 5.74) is 1.85. The molecule has 0 fully saturated rings. The molecular weight excluding hydrogens is 288 g/mol. The number of nitrogens with one attached hydrogen (secondary N) is 2. The van der Waals surface area contributed by atoms with Gasteiger partial charge in [0, 0.05) is 19.3 Å². The van der Waals surface area contributed by atoms with Gasteiger partial charge in [0.25, 0.3) is 0 Å². The third kappa shape index (κ3) is 3.69. The molecule has 0 spiro atoms. The van der Waals surface area contributed by atoms with Crippen LogP contribution in [0.25, 0.3) is 0 Å². The Hall–Kier alpha value is -1.70. The van der Waals surface area contributed by atoms with Crippen LogP contribution in [0.2, 0.25) is 0 Å². The van der Waals surface area contributed by atoms with Gasteiger partial charge in [-0.1, -0.05) is 12.1 Å². The standard InChI is InChI=1S/C14H20N4O2S/c1-11(15-2)12-4-6-14(7-5-12)21(19,20)17-10-13-8-9-16-18(13)3/h4-9,11,15,17H,10H2,1-3H3. The van der Waals surface area contributed by atoms with E-state index in [0.29, 0.717) is 0 Å². The van der Waals surface area contributed by atoms with Crippen molar-refractivity contribution in [1.82, 2.24) is 19.8 Å². The van der Waals surface area contributed by atoms with Gasteiger partial charge in [-0.25, -0.2) is 13.1 Å². The van der Waals surface area contributed by atoms with Crippen LogP contribution < -0.4 is 10.0 Å². The summed E-state index contributed by atoms with van der Waals surface area (Å²) in [6.07, 6.45) is 1.64. The second kappa shape index (κ2) is 6.38. The van der Waals surface area contributed by atoms with E-state index in [1.165, 1.54) is 0 Å². The highest BCUT2D eigenvalue weighted by molar-refractivity contribution is 7.89. The number of sulfonamides is 1. The Morgan fingerprint density at radius 1 is 1.24 bits per heavy atom. The van der Waals surface area contributed by atoms with Crippen LogP contribution in [0.4, 0.5) is 0 Å². The molecule has 1 unspecified atom stereocenters. The minimum atomic E-state index is -3.51. The number of aromatic nitrogens is 2. The van der Waals surface area contributed by atoms with Gasteiger partial charge < -0.3 is 5.32 Å². The van der Waals surface area contributed by atoms with Crippen molar-refractivity contribution in [3.63, 3.8) is 0 Å². The van der Waals surface area contributed by atoms with Gasteiger partial charge in [-0.2, -0.15) is 5.10 Å². The maximum atomic E-state index is 12.2. The zero-order valence-corrected chi connectivity index (χ0v) is 13.2. The number of aryl methyl sites for hydroxylation is 1. The van der Waals surface area contributed by atoms with Crippen LogP contribution in [0.15, 0.2) is 41.4 Å². The lowest BCUT2D eigenvalue weighted by Gasteiger charge is -2.12. The Bertz CT molecular complexity index is 692. The van der Waals surface area contributed by atoms with Gasteiger partial charge >= 0.3 is 0 Å². The van der Waals surface area contributed by atoms with E-state index < -0.39 is 10.0 Å². The molecule has 21 heavy (non-hydrogen) atoms. The zero-order chi connectivity index (χ0) is 15.5. The van der Waals surface area contributed by atoms with Crippen molar-refractivity contribution < 1.29 is 8.42 Å². The molecule has 1 aromatic heterocycles. The minimum Gasteiger partial charge on any atom is -0.313 e. The SMILES string of the molecule is CNC(C)c1ccc(S(=O)(=O)NCc2ccnn2C)cc1. The molecule has 6 nitrogen and oxygen atoms in total. The average molecular weight is 308 g/mol. The molecule has 1 aromatic carbocycles. The molecule has 0 saturated heterocycles. The van der Waals surface area contributed by atoms with Gasteiger partial charge in [-0.15, -0.1) is 0 Å². The Balaban J connectivity index is 2.10. The first-order valence-corrected chi connectivity index (χ1v) is 8.16. The van der Waals surface area contributed by atoms with Crippen LogP contribution in [0.1, 0.15) is 24.2 Å². The van der Waals surface area contributed by atoms with E-state index in [9.17, 15) is 8.42 Å². The number of rotatable bonds is 6. The first-order chi connectivity index (χ1) is 9.94. The fourth-order valence-electron chi connectivity index (χ4n) is 1.93. The average Bonchev–Trinajstić information content (AvgIpc) is 2.90. The quantitative estimate of drug-likeness (QED) is 0.840. The van der Waals surface area contributed by atoms with Crippen LogP contribution in [0, 0.1) is 0 Å². The summed E-state index contributed by atoms with van der Waals surface area (Å²) in [5, 5.41) is 7.12. The third-order valence-electron chi connectivity index (χ3n) is 3.49. The van der Waals surface area contributed by atoms with E-state index in [1.807, 2.05) is 26.1 Å². The second-order valence-corrected chi connectivity index (χ2v) is 6.62. The van der Waals surface area contributed by atoms with Gasteiger partial charge in [0.2, 0.25) is 10.0 Å². The van der Waals surface area contributed by atoms with Crippen molar-refractivity contribution in [2.75, 3.05) is 7.05 Å². The van der Waals surface area contributed by atoms with E-state index in [-0.39, 0.29) is 17.5 Å². The van der Waals surface area contributed by atoms with Crippen molar-refractivity contribution in [1.29, 1.82) is 0 Å². The Morgan fingerprint density at radius 2 is 1.90 bits per heavy atom. The molecule has 114 valence electrons. The number of hydrogen-bond donors (Lipinski definition) is 2. The fourth-order valence-corrected chi connectivity index (χ4v) is 2.93. The molecule has 0 saturated carbocycles. The largest absolute Gasteiger partial charge is 0.313 e. The molecular formula is C14H20N4O2S. The molecule has 2 N–H and O–H groups in total. The molecule has 0 bridgehead atoms. The third-order valence-corrected chi connectivity index (χ3v) is 4.91. The van der Waals surface area contributed by atoms with Gasteiger partial charge in [0.15, 0.2) is 0 Å². The smallest absolute Gasteiger partial charge is 0.240 e. The Kier molecular flexibility index (Phi) is 4.76. The summed E-state index contributed by atoms with van der Waals surface area (Å²) in [4.78, 5) is 0.261. The van der Waals surface area contributed by atoms with Crippen LogP contribution >= 0.6 is 0 Å². The highest BCUT2D eigenvalue weighted by Gasteiger charge is 2.15. The molecule has 7 heteroatoms.